The number of carbonyl (C=O) groups excluding carboxylic acids is 1. The highest BCUT2D eigenvalue weighted by Crippen LogP contribution is 2.27. The molecule has 0 aromatic heterocycles. The van der Waals surface area contributed by atoms with E-state index in [0.717, 1.165) is 29.2 Å². The largest absolute Gasteiger partial charge is 0.362 e. The first kappa shape index (κ1) is 15.8. The number of likely N-dealkylation sites (N-methyl/N-ethyl adjacent to an activating group) is 1. The Morgan fingerprint density at radius 2 is 2.11 bits per heavy atom. The highest BCUT2D eigenvalue weighted by Gasteiger charge is 2.15. The smallest absolute Gasteiger partial charge is 0.239 e. The first-order chi connectivity index (χ1) is 9.13. The Morgan fingerprint density at radius 1 is 1.37 bits per heavy atom. The van der Waals surface area contributed by atoms with Crippen molar-refractivity contribution in [3.8, 4) is 0 Å². The topological polar surface area (TPSA) is 44.4 Å². The molecule has 0 aliphatic rings. The molecule has 0 heterocycles. The maximum absolute atomic E-state index is 11.6. The van der Waals surface area contributed by atoms with Gasteiger partial charge in [-0.1, -0.05) is 24.6 Å². The number of amides is 1. The van der Waals surface area contributed by atoms with Crippen molar-refractivity contribution >= 4 is 23.2 Å². The van der Waals surface area contributed by atoms with Gasteiger partial charge >= 0.3 is 0 Å². The van der Waals surface area contributed by atoms with Crippen molar-refractivity contribution in [3.05, 3.63) is 28.8 Å². The van der Waals surface area contributed by atoms with Crippen LogP contribution in [0.1, 0.15) is 18.9 Å². The molecular formula is C14H22ClN3O. The van der Waals surface area contributed by atoms with Crippen LogP contribution in [-0.4, -0.2) is 33.1 Å². The van der Waals surface area contributed by atoms with Crippen molar-refractivity contribution < 1.29 is 4.79 Å². The van der Waals surface area contributed by atoms with Crippen LogP contribution in [0.25, 0.3) is 0 Å². The molecule has 0 radical (unpaired) electrons. The van der Waals surface area contributed by atoms with Crippen LogP contribution in [0.4, 0.5) is 5.69 Å². The minimum atomic E-state index is 0.00355. The Bertz CT molecular complexity index is 423. The molecule has 0 fully saturated rings. The lowest BCUT2D eigenvalue weighted by Gasteiger charge is -2.26. The number of hydrogen-bond acceptors (Lipinski definition) is 3. The van der Waals surface area contributed by atoms with Crippen molar-refractivity contribution in [2.75, 3.05) is 32.1 Å². The molecule has 0 spiro atoms. The fourth-order valence-electron chi connectivity index (χ4n) is 2.00. The van der Waals surface area contributed by atoms with Crippen LogP contribution in [0.3, 0.4) is 0 Å². The van der Waals surface area contributed by atoms with Gasteiger partial charge in [0.25, 0.3) is 0 Å². The molecule has 19 heavy (non-hydrogen) atoms. The van der Waals surface area contributed by atoms with Crippen molar-refractivity contribution in [2.45, 2.75) is 19.9 Å². The third kappa shape index (κ3) is 4.40. The zero-order valence-corrected chi connectivity index (χ0v) is 12.5. The lowest BCUT2D eigenvalue weighted by molar-refractivity contribution is -0.119. The van der Waals surface area contributed by atoms with Gasteiger partial charge in [-0.25, -0.2) is 0 Å². The van der Waals surface area contributed by atoms with Crippen molar-refractivity contribution in [1.82, 2.24) is 10.6 Å². The van der Waals surface area contributed by atoms with E-state index in [1.165, 1.54) is 0 Å². The Morgan fingerprint density at radius 3 is 2.68 bits per heavy atom. The number of carbonyl (C=O) groups is 1. The number of halogens is 1. The predicted molar refractivity (Wildman–Crippen MR) is 80.8 cm³/mol. The van der Waals surface area contributed by atoms with Gasteiger partial charge in [-0.3, -0.25) is 4.79 Å². The zero-order chi connectivity index (χ0) is 14.3. The van der Waals surface area contributed by atoms with E-state index in [1.54, 1.807) is 7.05 Å². The van der Waals surface area contributed by atoms with Crippen LogP contribution in [0.5, 0.6) is 0 Å². The van der Waals surface area contributed by atoms with Gasteiger partial charge in [0, 0.05) is 36.4 Å². The van der Waals surface area contributed by atoms with Crippen LogP contribution in [0, 0.1) is 0 Å². The molecule has 0 bridgehead atoms. The van der Waals surface area contributed by atoms with Crippen molar-refractivity contribution in [3.63, 3.8) is 0 Å². The van der Waals surface area contributed by atoms with E-state index >= 15 is 0 Å². The summed E-state index contributed by atoms with van der Waals surface area (Å²) in [5.74, 6) is 0.00355. The van der Waals surface area contributed by atoms with Crippen molar-refractivity contribution in [2.24, 2.45) is 0 Å². The summed E-state index contributed by atoms with van der Waals surface area (Å²) in [6.45, 7) is 3.95. The lowest BCUT2D eigenvalue weighted by Crippen LogP contribution is -2.36. The fourth-order valence-corrected chi connectivity index (χ4v) is 2.24. The molecule has 5 heteroatoms. The summed E-state index contributed by atoms with van der Waals surface area (Å²) >= 11 is 6.26. The van der Waals surface area contributed by atoms with E-state index in [9.17, 15) is 4.79 Å². The van der Waals surface area contributed by atoms with E-state index in [0.29, 0.717) is 13.1 Å². The number of rotatable bonds is 7. The predicted octanol–water partition coefficient (Wildman–Crippen LogP) is 2.02. The zero-order valence-electron chi connectivity index (χ0n) is 11.8. The Balaban J connectivity index is 3.06. The molecule has 1 aromatic rings. The van der Waals surface area contributed by atoms with E-state index < -0.39 is 0 Å². The number of nitrogens with zero attached hydrogens (tertiary/aromatic N) is 1. The highest BCUT2D eigenvalue weighted by molar-refractivity contribution is 6.31. The summed E-state index contributed by atoms with van der Waals surface area (Å²) in [7, 11) is 3.54. The lowest BCUT2D eigenvalue weighted by atomic mass is 10.1. The molecular weight excluding hydrogens is 262 g/mol. The first-order valence-electron chi connectivity index (χ1n) is 6.51. The van der Waals surface area contributed by atoms with E-state index in [-0.39, 0.29) is 5.91 Å². The molecule has 0 aliphatic heterocycles. The third-order valence-corrected chi connectivity index (χ3v) is 3.25. The van der Waals surface area contributed by atoms with Gasteiger partial charge in [-0.2, -0.15) is 0 Å². The molecule has 0 atom stereocenters. The normalized spacial score (nSPS) is 10.3. The SMILES string of the molecule is CCCN(CC(=O)NC)c1cccc(Cl)c1CNC. The van der Waals surface area contributed by atoms with Crippen LogP contribution < -0.4 is 15.5 Å². The van der Waals surface area contributed by atoms with Gasteiger partial charge in [0.15, 0.2) is 0 Å². The maximum Gasteiger partial charge on any atom is 0.239 e. The van der Waals surface area contributed by atoms with E-state index in [4.69, 9.17) is 11.6 Å². The van der Waals surface area contributed by atoms with Crippen LogP contribution in [0.2, 0.25) is 5.02 Å². The number of hydrogen-bond donors (Lipinski definition) is 2. The fraction of sp³-hybridized carbons (Fsp3) is 0.500. The Hall–Kier alpha value is -1.26. The van der Waals surface area contributed by atoms with E-state index in [1.807, 2.05) is 25.2 Å². The highest BCUT2D eigenvalue weighted by atomic mass is 35.5. The van der Waals surface area contributed by atoms with Gasteiger partial charge in [-0.15, -0.1) is 0 Å². The number of anilines is 1. The van der Waals surface area contributed by atoms with E-state index in [2.05, 4.69) is 22.5 Å². The van der Waals surface area contributed by atoms with Gasteiger partial charge in [-0.05, 0) is 25.6 Å². The summed E-state index contributed by atoms with van der Waals surface area (Å²) in [6, 6.07) is 5.81. The molecule has 4 nitrogen and oxygen atoms in total. The minimum Gasteiger partial charge on any atom is -0.362 e. The molecule has 1 rings (SSSR count). The summed E-state index contributed by atoms with van der Waals surface area (Å²) < 4.78 is 0. The molecule has 2 N–H and O–H groups in total. The number of benzene rings is 1. The van der Waals surface area contributed by atoms with Gasteiger partial charge < -0.3 is 15.5 Å². The first-order valence-corrected chi connectivity index (χ1v) is 6.89. The minimum absolute atomic E-state index is 0.00355. The average Bonchev–Trinajstić information content (AvgIpc) is 2.40. The monoisotopic (exact) mass is 283 g/mol. The molecule has 0 unspecified atom stereocenters. The Kier molecular flexibility index (Phi) is 6.67. The summed E-state index contributed by atoms with van der Waals surface area (Å²) in [5, 5.41) is 6.51. The van der Waals surface area contributed by atoms with Gasteiger partial charge in [0.2, 0.25) is 5.91 Å². The average molecular weight is 284 g/mol. The summed E-state index contributed by atoms with van der Waals surface area (Å²) in [4.78, 5) is 13.7. The molecule has 1 aromatic carbocycles. The van der Waals surface area contributed by atoms with Crippen LogP contribution in [0.15, 0.2) is 18.2 Å². The summed E-state index contributed by atoms with van der Waals surface area (Å²) in [6.07, 6.45) is 0.975. The quantitative estimate of drug-likeness (QED) is 0.805. The molecule has 106 valence electrons. The second-order valence-electron chi connectivity index (χ2n) is 4.36. The van der Waals surface area contributed by atoms with Gasteiger partial charge in [0.1, 0.15) is 0 Å². The molecule has 0 saturated carbocycles. The molecule has 1 amide bonds. The Labute approximate surface area is 120 Å². The number of nitrogens with one attached hydrogen (secondary N) is 2. The summed E-state index contributed by atoms with van der Waals surface area (Å²) in [5.41, 5.74) is 2.05. The van der Waals surface area contributed by atoms with Gasteiger partial charge in [0.05, 0.1) is 6.54 Å². The second-order valence-corrected chi connectivity index (χ2v) is 4.77. The van der Waals surface area contributed by atoms with Crippen molar-refractivity contribution in [1.29, 1.82) is 0 Å². The maximum atomic E-state index is 11.6. The molecule has 0 aliphatic carbocycles. The molecule has 0 saturated heterocycles. The standard InChI is InChI=1S/C14H22ClN3O/c1-4-8-18(10-14(19)17-3)13-7-5-6-12(15)11(13)9-16-2/h5-7,16H,4,8-10H2,1-3H3,(H,17,19). The van der Waals surface area contributed by atoms with Crippen LogP contribution >= 0.6 is 11.6 Å². The second kappa shape index (κ2) is 8.02. The third-order valence-electron chi connectivity index (χ3n) is 2.90. The van der Waals surface area contributed by atoms with Crippen LogP contribution in [-0.2, 0) is 11.3 Å².